The number of nitrogens with two attached hydrogens (primary N) is 1. The Bertz CT molecular complexity index is 590. The Morgan fingerprint density at radius 2 is 2.11 bits per heavy atom. The van der Waals surface area contributed by atoms with Gasteiger partial charge in [-0.05, 0) is 12.0 Å². The molecule has 1 aromatic carbocycles. The first-order chi connectivity index (χ1) is 8.49. The summed E-state index contributed by atoms with van der Waals surface area (Å²) < 4.78 is 1.52. The molecule has 0 aliphatic rings. The van der Waals surface area contributed by atoms with Crippen molar-refractivity contribution in [2.24, 2.45) is 0 Å². The van der Waals surface area contributed by atoms with E-state index in [2.05, 4.69) is 5.10 Å². The van der Waals surface area contributed by atoms with Crippen LogP contribution in [0.3, 0.4) is 0 Å². The molecule has 0 atom stereocenters. The average Bonchev–Trinajstić information content (AvgIpc) is 2.72. The lowest BCUT2D eigenvalue weighted by Gasteiger charge is -2.03. The first-order valence-corrected chi connectivity index (χ1v) is 5.59. The van der Waals surface area contributed by atoms with E-state index in [1.807, 2.05) is 13.8 Å². The van der Waals surface area contributed by atoms with E-state index in [4.69, 9.17) is 5.73 Å². The zero-order valence-electron chi connectivity index (χ0n) is 10.2. The van der Waals surface area contributed by atoms with E-state index >= 15 is 0 Å². The number of nitro groups is 1. The quantitative estimate of drug-likeness (QED) is 0.665. The monoisotopic (exact) mass is 246 g/mol. The fourth-order valence-corrected chi connectivity index (χ4v) is 1.64. The molecule has 0 spiro atoms. The molecule has 0 unspecified atom stereocenters. The van der Waals surface area contributed by atoms with Crippen LogP contribution in [0, 0.1) is 10.1 Å². The molecule has 6 heteroatoms. The van der Waals surface area contributed by atoms with Gasteiger partial charge in [0.1, 0.15) is 5.82 Å². The molecule has 0 radical (unpaired) electrons. The minimum absolute atomic E-state index is 0.0218. The van der Waals surface area contributed by atoms with Gasteiger partial charge in [0.05, 0.1) is 16.3 Å². The van der Waals surface area contributed by atoms with Gasteiger partial charge in [0.25, 0.3) is 5.69 Å². The van der Waals surface area contributed by atoms with E-state index in [1.54, 1.807) is 18.2 Å². The molecular formula is C12H14N4O2. The van der Waals surface area contributed by atoms with Crippen molar-refractivity contribution in [1.82, 2.24) is 9.78 Å². The van der Waals surface area contributed by atoms with Crippen LogP contribution < -0.4 is 5.73 Å². The highest BCUT2D eigenvalue weighted by atomic mass is 16.6. The van der Waals surface area contributed by atoms with Gasteiger partial charge in [-0.25, -0.2) is 4.68 Å². The molecule has 0 saturated carbocycles. The zero-order valence-corrected chi connectivity index (χ0v) is 10.2. The molecule has 1 aromatic heterocycles. The van der Waals surface area contributed by atoms with E-state index < -0.39 is 4.92 Å². The molecule has 2 N–H and O–H groups in total. The van der Waals surface area contributed by atoms with E-state index in [1.165, 1.54) is 16.8 Å². The Hall–Kier alpha value is -2.37. The Balaban J connectivity index is 2.48. The van der Waals surface area contributed by atoms with Gasteiger partial charge in [-0.3, -0.25) is 10.1 Å². The maximum absolute atomic E-state index is 10.7. The third kappa shape index (κ3) is 2.17. The van der Waals surface area contributed by atoms with E-state index in [0.29, 0.717) is 11.5 Å². The van der Waals surface area contributed by atoms with Gasteiger partial charge < -0.3 is 5.73 Å². The number of rotatable bonds is 3. The van der Waals surface area contributed by atoms with Crippen LogP contribution in [0.4, 0.5) is 11.5 Å². The lowest BCUT2D eigenvalue weighted by molar-refractivity contribution is -0.384. The average molecular weight is 246 g/mol. The van der Waals surface area contributed by atoms with Crippen LogP contribution >= 0.6 is 0 Å². The highest BCUT2D eigenvalue weighted by Crippen LogP contribution is 2.22. The van der Waals surface area contributed by atoms with Crippen LogP contribution in [0.15, 0.2) is 30.3 Å². The first kappa shape index (κ1) is 12.1. The normalized spacial score (nSPS) is 10.8. The van der Waals surface area contributed by atoms with Crippen molar-refractivity contribution in [2.75, 3.05) is 5.73 Å². The molecule has 0 aliphatic carbocycles. The fraction of sp³-hybridized carbons (Fsp3) is 0.250. The molecule has 2 aromatic rings. The molecule has 94 valence electrons. The number of anilines is 1. The van der Waals surface area contributed by atoms with Gasteiger partial charge in [-0.15, -0.1) is 0 Å². The van der Waals surface area contributed by atoms with Crippen LogP contribution in [0.2, 0.25) is 0 Å². The van der Waals surface area contributed by atoms with Crippen molar-refractivity contribution in [1.29, 1.82) is 0 Å². The molecule has 1 heterocycles. The summed E-state index contributed by atoms with van der Waals surface area (Å²) in [7, 11) is 0. The summed E-state index contributed by atoms with van der Waals surface area (Å²) in [5, 5.41) is 15.1. The lowest BCUT2D eigenvalue weighted by atomic mass is 10.1. The first-order valence-electron chi connectivity index (χ1n) is 5.59. The summed E-state index contributed by atoms with van der Waals surface area (Å²) in [6, 6.07) is 8.02. The molecular weight excluding hydrogens is 232 g/mol. The molecule has 2 rings (SSSR count). The third-order valence-electron chi connectivity index (χ3n) is 2.63. The van der Waals surface area contributed by atoms with Gasteiger partial charge in [0.15, 0.2) is 0 Å². The number of nitrogens with zero attached hydrogens (tertiary/aromatic N) is 3. The van der Waals surface area contributed by atoms with Gasteiger partial charge >= 0.3 is 0 Å². The Morgan fingerprint density at radius 1 is 1.39 bits per heavy atom. The summed E-state index contributed by atoms with van der Waals surface area (Å²) in [4.78, 5) is 10.3. The Kier molecular flexibility index (Phi) is 3.01. The maximum Gasteiger partial charge on any atom is 0.271 e. The topological polar surface area (TPSA) is 87.0 Å². The molecule has 0 saturated heterocycles. The van der Waals surface area contributed by atoms with Gasteiger partial charge in [-0.2, -0.15) is 5.10 Å². The van der Waals surface area contributed by atoms with E-state index in [-0.39, 0.29) is 11.6 Å². The summed E-state index contributed by atoms with van der Waals surface area (Å²) in [6.07, 6.45) is 0. The molecule has 0 amide bonds. The predicted octanol–water partition coefficient (Wildman–Crippen LogP) is 2.49. The molecule has 0 aliphatic heterocycles. The van der Waals surface area contributed by atoms with Gasteiger partial charge in [0, 0.05) is 18.2 Å². The minimum atomic E-state index is -0.438. The molecule has 0 bridgehead atoms. The van der Waals surface area contributed by atoms with Crippen molar-refractivity contribution in [3.05, 3.63) is 46.1 Å². The number of hydrogen-bond acceptors (Lipinski definition) is 4. The number of nitro benzene ring substituents is 1. The van der Waals surface area contributed by atoms with Gasteiger partial charge in [0.2, 0.25) is 0 Å². The van der Waals surface area contributed by atoms with Crippen molar-refractivity contribution in [3.8, 4) is 5.69 Å². The molecule has 6 nitrogen and oxygen atoms in total. The fourth-order valence-electron chi connectivity index (χ4n) is 1.64. The number of nitrogen functional groups attached to an aromatic ring is 1. The third-order valence-corrected chi connectivity index (χ3v) is 2.63. The van der Waals surface area contributed by atoms with Gasteiger partial charge in [-0.1, -0.05) is 19.9 Å². The molecule has 18 heavy (non-hydrogen) atoms. The van der Waals surface area contributed by atoms with Crippen molar-refractivity contribution in [3.63, 3.8) is 0 Å². The van der Waals surface area contributed by atoms with Crippen LogP contribution in [-0.4, -0.2) is 14.7 Å². The summed E-state index contributed by atoms with van der Waals surface area (Å²) in [5.74, 6) is 0.728. The summed E-state index contributed by atoms with van der Waals surface area (Å²) in [6.45, 7) is 4.03. The predicted molar refractivity (Wildman–Crippen MR) is 68.7 cm³/mol. The standard InChI is InChI=1S/C12H14N4O2/c1-8(2)11-7-12(13)15(14-11)9-4-3-5-10(6-9)16(17)18/h3-8H,13H2,1-2H3. The Labute approximate surface area is 104 Å². The SMILES string of the molecule is CC(C)c1cc(N)n(-c2cccc([N+](=O)[O-])c2)n1. The number of aromatic nitrogens is 2. The van der Waals surface area contributed by atoms with Crippen molar-refractivity contribution in [2.45, 2.75) is 19.8 Å². The van der Waals surface area contributed by atoms with E-state index in [0.717, 1.165) is 5.69 Å². The number of non-ortho nitro benzene ring substituents is 1. The largest absolute Gasteiger partial charge is 0.384 e. The molecule has 0 fully saturated rings. The van der Waals surface area contributed by atoms with Crippen molar-refractivity contribution < 1.29 is 4.92 Å². The smallest absolute Gasteiger partial charge is 0.271 e. The Morgan fingerprint density at radius 3 is 2.67 bits per heavy atom. The summed E-state index contributed by atoms with van der Waals surface area (Å²) in [5.41, 5.74) is 7.34. The maximum atomic E-state index is 10.7. The second-order valence-electron chi connectivity index (χ2n) is 4.34. The zero-order chi connectivity index (χ0) is 13.3. The van der Waals surface area contributed by atoms with Crippen LogP contribution in [-0.2, 0) is 0 Å². The second kappa shape index (κ2) is 4.48. The van der Waals surface area contributed by atoms with E-state index in [9.17, 15) is 10.1 Å². The van der Waals surface area contributed by atoms with Crippen LogP contribution in [0.5, 0.6) is 0 Å². The second-order valence-corrected chi connectivity index (χ2v) is 4.34. The highest BCUT2D eigenvalue weighted by Gasteiger charge is 2.12. The lowest BCUT2D eigenvalue weighted by Crippen LogP contribution is -2.02. The number of hydrogen-bond donors (Lipinski definition) is 1. The number of benzene rings is 1. The van der Waals surface area contributed by atoms with Crippen LogP contribution in [0.25, 0.3) is 5.69 Å². The van der Waals surface area contributed by atoms with Crippen LogP contribution in [0.1, 0.15) is 25.5 Å². The minimum Gasteiger partial charge on any atom is -0.384 e. The highest BCUT2D eigenvalue weighted by molar-refractivity contribution is 5.48. The summed E-state index contributed by atoms with van der Waals surface area (Å²) >= 11 is 0. The van der Waals surface area contributed by atoms with Crippen molar-refractivity contribution >= 4 is 11.5 Å².